The van der Waals surface area contributed by atoms with Gasteiger partial charge in [0.2, 0.25) is 5.82 Å². The zero-order valence-corrected chi connectivity index (χ0v) is 19.9. The SMILES string of the molecule is O=[N+]([O-])c1cccc(COc2c(I)cc(/C=N\Nc3ncccc3[N+](=O)[O-])cc2I)c1. The minimum absolute atomic E-state index is 0.0118. The zero-order chi connectivity index (χ0) is 22.4. The van der Waals surface area contributed by atoms with E-state index in [9.17, 15) is 20.2 Å². The second-order valence-corrected chi connectivity index (χ2v) is 8.35. The maximum atomic E-state index is 11.0. The maximum Gasteiger partial charge on any atom is 0.313 e. The molecule has 10 nitrogen and oxygen atoms in total. The number of benzene rings is 2. The number of ether oxygens (including phenoxy) is 1. The number of hydrazone groups is 1. The van der Waals surface area contributed by atoms with E-state index in [1.807, 2.05) is 12.1 Å². The van der Waals surface area contributed by atoms with Crippen molar-refractivity contribution in [3.8, 4) is 5.75 Å². The molecule has 3 aromatic rings. The summed E-state index contributed by atoms with van der Waals surface area (Å²) in [4.78, 5) is 24.9. The fraction of sp³-hybridized carbons (Fsp3) is 0.0526. The second-order valence-electron chi connectivity index (χ2n) is 6.03. The number of nitrogens with zero attached hydrogens (tertiary/aromatic N) is 4. The second kappa shape index (κ2) is 10.4. The number of aromatic nitrogens is 1. The first-order valence-corrected chi connectivity index (χ1v) is 10.7. The predicted molar refractivity (Wildman–Crippen MR) is 131 cm³/mol. The summed E-state index contributed by atoms with van der Waals surface area (Å²) in [6.45, 7) is 0.187. The number of nitro groups is 2. The van der Waals surface area contributed by atoms with E-state index in [0.29, 0.717) is 11.3 Å². The summed E-state index contributed by atoms with van der Waals surface area (Å²) in [6, 6.07) is 12.8. The van der Waals surface area contributed by atoms with Crippen molar-refractivity contribution in [2.24, 2.45) is 5.10 Å². The lowest BCUT2D eigenvalue weighted by atomic mass is 10.2. The van der Waals surface area contributed by atoms with Crippen LogP contribution < -0.4 is 10.2 Å². The number of nitrogens with one attached hydrogen (secondary N) is 1. The van der Waals surface area contributed by atoms with Gasteiger partial charge in [0.05, 0.1) is 23.2 Å². The van der Waals surface area contributed by atoms with Gasteiger partial charge in [-0.25, -0.2) is 4.98 Å². The van der Waals surface area contributed by atoms with Gasteiger partial charge < -0.3 is 4.74 Å². The molecule has 0 saturated heterocycles. The summed E-state index contributed by atoms with van der Waals surface area (Å²) in [5, 5.41) is 26.0. The molecule has 2 aromatic carbocycles. The molecule has 158 valence electrons. The number of hydrogen-bond acceptors (Lipinski definition) is 8. The van der Waals surface area contributed by atoms with Crippen LogP contribution >= 0.6 is 45.2 Å². The number of pyridine rings is 1. The van der Waals surface area contributed by atoms with Crippen LogP contribution in [-0.4, -0.2) is 21.0 Å². The van der Waals surface area contributed by atoms with Crippen LogP contribution in [-0.2, 0) is 6.61 Å². The summed E-state index contributed by atoms with van der Waals surface area (Å²) in [6.07, 6.45) is 2.96. The summed E-state index contributed by atoms with van der Waals surface area (Å²) < 4.78 is 7.52. The number of non-ortho nitro benzene ring substituents is 1. The third-order valence-corrected chi connectivity index (χ3v) is 5.49. The van der Waals surface area contributed by atoms with Gasteiger partial charge in [0.1, 0.15) is 12.4 Å². The van der Waals surface area contributed by atoms with Gasteiger partial charge in [-0.05, 0) is 74.5 Å². The molecule has 0 saturated carbocycles. The third-order valence-electron chi connectivity index (χ3n) is 3.89. The summed E-state index contributed by atoms with van der Waals surface area (Å²) in [5.74, 6) is 0.697. The summed E-state index contributed by atoms with van der Waals surface area (Å²) >= 11 is 4.25. The van der Waals surface area contributed by atoms with Crippen molar-refractivity contribution < 1.29 is 14.6 Å². The summed E-state index contributed by atoms with van der Waals surface area (Å²) in [5.41, 5.74) is 3.86. The van der Waals surface area contributed by atoms with E-state index in [1.54, 1.807) is 12.1 Å². The van der Waals surface area contributed by atoms with Crippen LogP contribution in [0.1, 0.15) is 11.1 Å². The Balaban J connectivity index is 1.70. The Bertz CT molecular complexity index is 1150. The number of halogens is 2. The predicted octanol–water partition coefficient (Wildman–Crippen LogP) is 5.13. The van der Waals surface area contributed by atoms with E-state index in [0.717, 1.165) is 12.7 Å². The van der Waals surface area contributed by atoms with Crippen LogP contribution in [0.3, 0.4) is 0 Å². The number of rotatable bonds is 8. The minimum atomic E-state index is -0.537. The quantitative estimate of drug-likeness (QED) is 0.156. The molecular weight excluding hydrogens is 632 g/mol. The van der Waals surface area contributed by atoms with Gasteiger partial charge in [0.15, 0.2) is 0 Å². The van der Waals surface area contributed by atoms with Gasteiger partial charge in [-0.1, -0.05) is 12.1 Å². The molecule has 0 atom stereocenters. The van der Waals surface area contributed by atoms with Gasteiger partial charge in [-0.15, -0.1) is 0 Å². The van der Waals surface area contributed by atoms with Crippen LogP contribution in [0.15, 0.2) is 59.8 Å². The van der Waals surface area contributed by atoms with Crippen molar-refractivity contribution in [3.05, 3.63) is 93.2 Å². The van der Waals surface area contributed by atoms with Crippen molar-refractivity contribution in [1.82, 2.24) is 4.98 Å². The Morgan fingerprint density at radius 2 is 1.81 bits per heavy atom. The smallest absolute Gasteiger partial charge is 0.313 e. The summed E-state index contributed by atoms with van der Waals surface area (Å²) in [7, 11) is 0. The normalized spacial score (nSPS) is 10.8. The highest BCUT2D eigenvalue weighted by Crippen LogP contribution is 2.30. The molecule has 0 amide bonds. The third kappa shape index (κ3) is 6.06. The first kappa shape index (κ1) is 22.8. The van der Waals surface area contributed by atoms with E-state index in [4.69, 9.17) is 4.74 Å². The molecule has 0 spiro atoms. The molecule has 1 aromatic heterocycles. The van der Waals surface area contributed by atoms with Crippen molar-refractivity contribution >= 4 is 68.6 Å². The topological polar surface area (TPSA) is 133 Å². The highest BCUT2D eigenvalue weighted by atomic mass is 127. The first-order valence-electron chi connectivity index (χ1n) is 8.59. The highest BCUT2D eigenvalue weighted by Gasteiger charge is 2.13. The number of anilines is 1. The van der Waals surface area contributed by atoms with Crippen LogP contribution in [0, 0.1) is 27.4 Å². The Morgan fingerprint density at radius 3 is 2.48 bits per heavy atom. The molecule has 31 heavy (non-hydrogen) atoms. The monoisotopic (exact) mass is 645 g/mol. The molecule has 0 fully saturated rings. The van der Waals surface area contributed by atoms with E-state index < -0.39 is 9.85 Å². The van der Waals surface area contributed by atoms with Crippen LogP contribution in [0.4, 0.5) is 17.2 Å². The van der Waals surface area contributed by atoms with Crippen molar-refractivity contribution in [1.29, 1.82) is 0 Å². The minimum Gasteiger partial charge on any atom is -0.487 e. The van der Waals surface area contributed by atoms with Crippen molar-refractivity contribution in [3.63, 3.8) is 0 Å². The molecule has 0 aliphatic carbocycles. The van der Waals surface area contributed by atoms with E-state index >= 15 is 0 Å². The van der Waals surface area contributed by atoms with Gasteiger partial charge in [0, 0.05) is 24.4 Å². The van der Waals surface area contributed by atoms with E-state index in [1.165, 1.54) is 36.7 Å². The van der Waals surface area contributed by atoms with Crippen LogP contribution in [0.2, 0.25) is 0 Å². The van der Waals surface area contributed by atoms with Gasteiger partial charge in [-0.3, -0.25) is 25.7 Å². The zero-order valence-electron chi connectivity index (χ0n) is 15.6. The highest BCUT2D eigenvalue weighted by molar-refractivity contribution is 14.1. The van der Waals surface area contributed by atoms with Crippen molar-refractivity contribution in [2.75, 3.05) is 5.43 Å². The van der Waals surface area contributed by atoms with Gasteiger partial charge in [-0.2, -0.15) is 5.10 Å². The molecule has 3 rings (SSSR count). The first-order chi connectivity index (χ1) is 14.8. The van der Waals surface area contributed by atoms with Gasteiger partial charge in [0.25, 0.3) is 5.69 Å². The number of nitro benzene ring substituents is 1. The lowest BCUT2D eigenvalue weighted by Gasteiger charge is -2.11. The van der Waals surface area contributed by atoms with Crippen LogP contribution in [0.25, 0.3) is 0 Å². The molecule has 0 aliphatic rings. The van der Waals surface area contributed by atoms with Crippen LogP contribution in [0.5, 0.6) is 5.75 Å². The standard InChI is InChI=1S/C19H13I2N5O5/c20-15-8-13(10-23-24-19-17(26(29)30)5-2-6-22-19)9-16(21)18(15)31-11-12-3-1-4-14(7-12)25(27)28/h1-10H,11H2,(H,22,24)/b23-10-. The van der Waals surface area contributed by atoms with Crippen molar-refractivity contribution in [2.45, 2.75) is 6.61 Å². The molecular formula is C19H13I2N5O5. The Kier molecular flexibility index (Phi) is 7.67. The molecule has 1 heterocycles. The number of hydrogen-bond donors (Lipinski definition) is 1. The molecule has 0 radical (unpaired) electrons. The molecule has 0 bridgehead atoms. The Morgan fingerprint density at radius 1 is 1.06 bits per heavy atom. The molecule has 0 unspecified atom stereocenters. The Labute approximate surface area is 203 Å². The Hall–Kier alpha value is -2.88. The largest absolute Gasteiger partial charge is 0.487 e. The van der Waals surface area contributed by atoms with E-state index in [2.05, 4.69) is 60.7 Å². The molecule has 12 heteroatoms. The van der Waals surface area contributed by atoms with E-state index in [-0.39, 0.29) is 23.8 Å². The van der Waals surface area contributed by atoms with Gasteiger partial charge >= 0.3 is 5.69 Å². The maximum absolute atomic E-state index is 11.0. The fourth-order valence-electron chi connectivity index (χ4n) is 2.51. The lowest BCUT2D eigenvalue weighted by Crippen LogP contribution is -2.01. The molecule has 0 aliphatic heterocycles. The molecule has 1 N–H and O–H groups in total. The average Bonchev–Trinajstić information content (AvgIpc) is 2.73. The fourth-order valence-corrected chi connectivity index (χ4v) is 4.63. The average molecular weight is 645 g/mol. The lowest BCUT2D eigenvalue weighted by molar-refractivity contribution is -0.385.